The Balaban J connectivity index is 1.63. The van der Waals surface area contributed by atoms with E-state index in [2.05, 4.69) is 22.5 Å². The quantitative estimate of drug-likeness (QED) is 0.313. The Bertz CT molecular complexity index is 1310. The number of methoxy groups -OCH3 is 1. The van der Waals surface area contributed by atoms with Gasteiger partial charge >= 0.3 is 12.1 Å². The number of hydrogen-bond donors (Lipinski definition) is 0. The molecule has 8 heteroatoms. The summed E-state index contributed by atoms with van der Waals surface area (Å²) in [7, 11) is 1.32. The van der Waals surface area contributed by atoms with Crippen molar-refractivity contribution in [3.63, 3.8) is 0 Å². The van der Waals surface area contributed by atoms with E-state index in [4.69, 9.17) is 18.9 Å². The van der Waals surface area contributed by atoms with Gasteiger partial charge in [0.2, 0.25) is 6.23 Å². The van der Waals surface area contributed by atoms with Gasteiger partial charge in [0.15, 0.2) is 5.41 Å². The van der Waals surface area contributed by atoms with Crippen LogP contribution in [0.1, 0.15) is 16.7 Å². The minimum Gasteiger partial charge on any atom is -0.489 e. The molecule has 1 amide bonds. The third-order valence-electron chi connectivity index (χ3n) is 6.15. The number of benzene rings is 3. The molecule has 2 aliphatic rings. The Morgan fingerprint density at radius 3 is 2.66 bits per heavy atom. The average molecular weight is 536 g/mol. The predicted octanol–water partition coefficient (Wildman–Crippen LogP) is 5.35. The molecule has 0 bridgehead atoms. The lowest BCUT2D eigenvalue weighted by molar-refractivity contribution is -0.147. The van der Waals surface area contributed by atoms with Gasteiger partial charge < -0.3 is 18.9 Å². The van der Waals surface area contributed by atoms with Gasteiger partial charge in [-0.1, -0.05) is 55.1 Å². The Labute approximate surface area is 211 Å². The van der Waals surface area contributed by atoms with E-state index in [0.717, 1.165) is 5.56 Å². The fourth-order valence-corrected chi connectivity index (χ4v) is 5.24. The van der Waals surface area contributed by atoms with Gasteiger partial charge in [-0.15, -0.1) is 0 Å². The second-order valence-corrected chi connectivity index (χ2v) is 8.93. The molecule has 5 rings (SSSR count). The first-order valence-corrected chi connectivity index (χ1v) is 11.7. The summed E-state index contributed by atoms with van der Waals surface area (Å²) in [5.74, 6) is 0.462. The zero-order chi connectivity index (χ0) is 24.6. The second kappa shape index (κ2) is 9.11. The van der Waals surface area contributed by atoms with E-state index in [1.54, 1.807) is 36.4 Å². The summed E-state index contributed by atoms with van der Waals surface area (Å²) in [4.78, 5) is 28.1. The van der Waals surface area contributed by atoms with Crippen molar-refractivity contribution in [2.45, 2.75) is 18.2 Å². The first kappa shape index (κ1) is 23.0. The van der Waals surface area contributed by atoms with Crippen molar-refractivity contribution in [1.82, 2.24) is 0 Å². The molecule has 0 saturated heterocycles. The van der Waals surface area contributed by atoms with Gasteiger partial charge in [0.05, 0.1) is 12.8 Å². The highest BCUT2D eigenvalue weighted by molar-refractivity contribution is 9.10. The number of hydrogen-bond acceptors (Lipinski definition) is 6. The Morgan fingerprint density at radius 1 is 1.11 bits per heavy atom. The molecule has 0 N–H and O–H groups in total. The van der Waals surface area contributed by atoms with Crippen molar-refractivity contribution in [2.75, 3.05) is 18.6 Å². The van der Waals surface area contributed by atoms with E-state index in [0.29, 0.717) is 39.4 Å². The highest BCUT2D eigenvalue weighted by atomic mass is 79.9. The maximum absolute atomic E-state index is 13.6. The topological polar surface area (TPSA) is 74.3 Å². The predicted molar refractivity (Wildman–Crippen MR) is 133 cm³/mol. The molecule has 7 nitrogen and oxygen atoms in total. The van der Waals surface area contributed by atoms with Crippen molar-refractivity contribution in [3.05, 3.63) is 101 Å². The number of rotatable bonds is 6. The fourth-order valence-electron chi connectivity index (χ4n) is 4.68. The van der Waals surface area contributed by atoms with Crippen LogP contribution in [0.25, 0.3) is 0 Å². The summed E-state index contributed by atoms with van der Waals surface area (Å²) < 4.78 is 23.5. The van der Waals surface area contributed by atoms with Crippen LogP contribution in [-0.2, 0) is 26.3 Å². The van der Waals surface area contributed by atoms with E-state index >= 15 is 0 Å². The number of ether oxygens (including phenoxy) is 4. The molecule has 0 spiro atoms. The Morgan fingerprint density at radius 2 is 1.91 bits per heavy atom. The normalized spacial score (nSPS) is 19.1. The zero-order valence-corrected chi connectivity index (χ0v) is 20.5. The molecule has 2 heterocycles. The molecule has 2 atom stereocenters. The summed E-state index contributed by atoms with van der Waals surface area (Å²) in [6.45, 7) is 3.97. The zero-order valence-electron chi connectivity index (χ0n) is 18.9. The summed E-state index contributed by atoms with van der Waals surface area (Å²) in [5.41, 5.74) is 1.19. The van der Waals surface area contributed by atoms with Crippen LogP contribution in [0.15, 0.2) is 83.9 Å². The number of halogens is 1. The van der Waals surface area contributed by atoms with Gasteiger partial charge in [-0.05, 0) is 45.8 Å². The third kappa shape index (κ3) is 3.56. The number of carbonyl (C=O) groups excluding carboxylic acids is 2. The second-order valence-electron chi connectivity index (χ2n) is 8.07. The summed E-state index contributed by atoms with van der Waals surface area (Å²) in [6, 6.07) is 20.4. The standard InChI is InChI=1S/C27H22BrNO6/c1-3-14-33-26(31)29-23-19(10-7-11-21(23)28)27(25(30)32-2)20-15-18(12-13-22(20)35-24(27)29)34-16-17-8-5-4-6-9-17/h3-13,15,24H,1,14,16H2,2H3/t24-,27-/m1/s1. The van der Waals surface area contributed by atoms with Crippen LogP contribution in [-0.4, -0.2) is 32.0 Å². The van der Waals surface area contributed by atoms with Crippen molar-refractivity contribution in [1.29, 1.82) is 0 Å². The molecular formula is C27H22BrNO6. The van der Waals surface area contributed by atoms with Gasteiger partial charge in [0, 0.05) is 15.6 Å². The first-order valence-electron chi connectivity index (χ1n) is 10.9. The van der Waals surface area contributed by atoms with Gasteiger partial charge in [0.25, 0.3) is 0 Å². The number of esters is 1. The van der Waals surface area contributed by atoms with E-state index in [9.17, 15) is 9.59 Å². The molecule has 35 heavy (non-hydrogen) atoms. The van der Waals surface area contributed by atoms with Gasteiger partial charge in [-0.3, -0.25) is 4.79 Å². The first-order chi connectivity index (χ1) is 17.0. The number of nitrogens with zero attached hydrogens (tertiary/aromatic N) is 1. The smallest absolute Gasteiger partial charge is 0.417 e. The molecule has 178 valence electrons. The maximum Gasteiger partial charge on any atom is 0.417 e. The molecule has 3 aromatic carbocycles. The molecule has 0 aromatic heterocycles. The fraction of sp³-hybridized carbons (Fsp3) is 0.185. The van der Waals surface area contributed by atoms with E-state index in [-0.39, 0.29) is 6.61 Å². The van der Waals surface area contributed by atoms with Crippen LogP contribution in [0, 0.1) is 0 Å². The van der Waals surface area contributed by atoms with E-state index in [1.165, 1.54) is 18.1 Å². The minimum atomic E-state index is -1.43. The van der Waals surface area contributed by atoms with Gasteiger partial charge in [0.1, 0.15) is 24.7 Å². The van der Waals surface area contributed by atoms with E-state index < -0.39 is 23.7 Å². The number of para-hydroxylation sites is 1. The summed E-state index contributed by atoms with van der Waals surface area (Å²) in [5, 5.41) is 0. The number of fused-ring (bicyclic) bond motifs is 5. The van der Waals surface area contributed by atoms with Crippen molar-refractivity contribution in [3.8, 4) is 11.5 Å². The average Bonchev–Trinajstić information content (AvgIpc) is 3.37. The highest BCUT2D eigenvalue weighted by Gasteiger charge is 2.67. The molecule has 0 radical (unpaired) electrons. The Kier molecular flexibility index (Phi) is 5.98. The number of anilines is 1. The maximum atomic E-state index is 13.6. The molecule has 0 fully saturated rings. The van der Waals surface area contributed by atoms with Gasteiger partial charge in [-0.2, -0.15) is 0 Å². The molecule has 0 aliphatic carbocycles. The number of carbonyl (C=O) groups is 2. The molecular weight excluding hydrogens is 514 g/mol. The SMILES string of the molecule is C=CCOC(=O)N1c2c(Br)cccc2[C@@]2(C(=O)OC)c3cc(OCc4ccccc4)ccc3O[C@@H]12. The van der Waals surface area contributed by atoms with Gasteiger partial charge in [-0.25, -0.2) is 9.69 Å². The largest absolute Gasteiger partial charge is 0.489 e. The van der Waals surface area contributed by atoms with E-state index in [1.807, 2.05) is 30.3 Å². The van der Waals surface area contributed by atoms with Crippen LogP contribution in [0.2, 0.25) is 0 Å². The van der Waals surface area contributed by atoms with Crippen LogP contribution in [0.5, 0.6) is 11.5 Å². The molecule has 3 aromatic rings. The van der Waals surface area contributed by atoms with Crippen molar-refractivity contribution < 1.29 is 28.5 Å². The van der Waals surface area contributed by atoms with Crippen LogP contribution in [0.4, 0.5) is 10.5 Å². The minimum absolute atomic E-state index is 0.0114. The third-order valence-corrected chi connectivity index (χ3v) is 6.79. The molecule has 2 aliphatic heterocycles. The lowest BCUT2D eigenvalue weighted by Crippen LogP contribution is -2.52. The lowest BCUT2D eigenvalue weighted by Gasteiger charge is -2.28. The molecule has 0 saturated carbocycles. The number of amides is 1. The lowest BCUT2D eigenvalue weighted by atomic mass is 9.75. The summed E-state index contributed by atoms with van der Waals surface area (Å²) >= 11 is 3.53. The van der Waals surface area contributed by atoms with Crippen LogP contribution < -0.4 is 14.4 Å². The monoisotopic (exact) mass is 535 g/mol. The van der Waals surface area contributed by atoms with Crippen LogP contribution >= 0.6 is 15.9 Å². The molecule has 0 unspecified atom stereocenters. The van der Waals surface area contributed by atoms with Crippen molar-refractivity contribution >= 4 is 33.7 Å². The van der Waals surface area contributed by atoms with Crippen LogP contribution in [0.3, 0.4) is 0 Å². The highest BCUT2D eigenvalue weighted by Crippen LogP contribution is 2.59. The Hall–Kier alpha value is -3.78. The summed E-state index contributed by atoms with van der Waals surface area (Å²) in [6.07, 6.45) is -0.231. The van der Waals surface area contributed by atoms with Crippen molar-refractivity contribution in [2.24, 2.45) is 0 Å².